The van der Waals surface area contributed by atoms with Crippen LogP contribution in [0.5, 0.6) is 0 Å². The third-order valence-corrected chi connectivity index (χ3v) is 6.95. The third kappa shape index (κ3) is 4.09. The van der Waals surface area contributed by atoms with Crippen LogP contribution in [0.2, 0.25) is 5.02 Å². The van der Waals surface area contributed by atoms with E-state index in [0.717, 1.165) is 37.7 Å². The van der Waals surface area contributed by atoms with E-state index >= 15 is 0 Å². The maximum atomic E-state index is 13.5. The summed E-state index contributed by atoms with van der Waals surface area (Å²) >= 11 is 7.80. The van der Waals surface area contributed by atoms with Crippen molar-refractivity contribution in [2.75, 3.05) is 4.90 Å². The highest BCUT2D eigenvalue weighted by Crippen LogP contribution is 2.34. The molecule has 6 heteroatoms. The average Bonchev–Trinajstić information content (AvgIpc) is 3.25. The fraction of sp³-hybridized carbons (Fsp3) is 0.115. The van der Waals surface area contributed by atoms with Gasteiger partial charge in [-0.25, -0.2) is 4.98 Å². The number of amides is 1. The molecule has 158 valence electrons. The molecule has 0 bridgehead atoms. The Bertz CT molecular complexity index is 1430. The summed E-state index contributed by atoms with van der Waals surface area (Å²) in [4.78, 5) is 24.3. The van der Waals surface area contributed by atoms with Crippen molar-refractivity contribution < 1.29 is 4.79 Å². The van der Waals surface area contributed by atoms with Gasteiger partial charge in [-0.15, -0.1) is 0 Å². The maximum absolute atomic E-state index is 13.5. The highest BCUT2D eigenvalue weighted by molar-refractivity contribution is 7.22. The molecular formula is C26H20ClN3OS. The molecule has 0 aliphatic rings. The van der Waals surface area contributed by atoms with E-state index in [1.807, 2.05) is 49.4 Å². The smallest absolute Gasteiger partial charge is 0.233 e. The van der Waals surface area contributed by atoms with Gasteiger partial charge in [0.15, 0.2) is 5.13 Å². The number of hydrogen-bond acceptors (Lipinski definition) is 4. The van der Waals surface area contributed by atoms with Crippen LogP contribution in [0.25, 0.3) is 21.0 Å². The molecule has 32 heavy (non-hydrogen) atoms. The van der Waals surface area contributed by atoms with Crippen LogP contribution in [0, 0.1) is 6.92 Å². The summed E-state index contributed by atoms with van der Waals surface area (Å²) in [5.74, 6) is -0.00746. The van der Waals surface area contributed by atoms with Crippen molar-refractivity contribution in [3.05, 3.63) is 101 Å². The fourth-order valence-electron chi connectivity index (χ4n) is 3.76. The molecule has 5 aromatic rings. The summed E-state index contributed by atoms with van der Waals surface area (Å²) in [6.45, 7) is 2.36. The van der Waals surface area contributed by atoms with Gasteiger partial charge < -0.3 is 0 Å². The van der Waals surface area contributed by atoms with Gasteiger partial charge in [-0.3, -0.25) is 14.7 Å². The number of hydrogen-bond donors (Lipinski definition) is 0. The SMILES string of the molecule is Cc1c(Cl)ccc2sc(N(Cc3cccnc3)C(=O)Cc3ccc4ccccc4c3)nc12. The molecule has 2 heterocycles. The lowest BCUT2D eigenvalue weighted by Crippen LogP contribution is -2.31. The number of halogens is 1. The minimum absolute atomic E-state index is 0.00746. The second-order valence-corrected chi connectivity index (χ2v) is 9.13. The Morgan fingerprint density at radius 1 is 1.00 bits per heavy atom. The Labute approximate surface area is 195 Å². The van der Waals surface area contributed by atoms with Gasteiger partial charge in [-0.05, 0) is 52.6 Å². The summed E-state index contributed by atoms with van der Waals surface area (Å²) in [6, 6.07) is 22.0. The molecule has 0 unspecified atom stereocenters. The molecule has 2 aromatic heterocycles. The lowest BCUT2D eigenvalue weighted by atomic mass is 10.0. The number of thiazole rings is 1. The number of aromatic nitrogens is 2. The molecule has 0 saturated carbocycles. The second-order valence-electron chi connectivity index (χ2n) is 7.72. The number of fused-ring (bicyclic) bond motifs is 2. The molecule has 0 atom stereocenters. The van der Waals surface area contributed by atoms with E-state index in [2.05, 4.69) is 29.2 Å². The number of pyridine rings is 1. The minimum Gasteiger partial charge on any atom is -0.283 e. The van der Waals surface area contributed by atoms with E-state index in [-0.39, 0.29) is 5.91 Å². The van der Waals surface area contributed by atoms with Crippen LogP contribution >= 0.6 is 22.9 Å². The summed E-state index contributed by atoms with van der Waals surface area (Å²) < 4.78 is 1.01. The van der Waals surface area contributed by atoms with Gasteiger partial charge in [0.1, 0.15) is 0 Å². The predicted octanol–water partition coefficient (Wildman–Crippen LogP) is 6.58. The number of aryl methyl sites for hydroxylation is 1. The summed E-state index contributed by atoms with van der Waals surface area (Å²) in [5.41, 5.74) is 3.70. The first-order chi connectivity index (χ1) is 15.6. The zero-order chi connectivity index (χ0) is 22.1. The Hall–Kier alpha value is -3.28. The molecule has 0 N–H and O–H groups in total. The van der Waals surface area contributed by atoms with Crippen molar-refractivity contribution in [2.45, 2.75) is 19.9 Å². The number of rotatable bonds is 5. The van der Waals surface area contributed by atoms with Crippen LogP contribution in [-0.4, -0.2) is 15.9 Å². The monoisotopic (exact) mass is 457 g/mol. The van der Waals surface area contributed by atoms with Gasteiger partial charge in [-0.2, -0.15) is 0 Å². The molecule has 0 fully saturated rings. The van der Waals surface area contributed by atoms with E-state index in [4.69, 9.17) is 16.6 Å². The lowest BCUT2D eigenvalue weighted by molar-refractivity contribution is -0.118. The zero-order valence-electron chi connectivity index (χ0n) is 17.5. The van der Waals surface area contributed by atoms with Gasteiger partial charge in [0.2, 0.25) is 5.91 Å². The van der Waals surface area contributed by atoms with Gasteiger partial charge >= 0.3 is 0 Å². The summed E-state index contributed by atoms with van der Waals surface area (Å²) in [5, 5.41) is 3.63. The molecular weight excluding hydrogens is 438 g/mol. The van der Waals surface area contributed by atoms with Crippen LogP contribution in [0.15, 0.2) is 79.1 Å². The number of carbonyl (C=O) groups is 1. The molecule has 4 nitrogen and oxygen atoms in total. The molecule has 0 saturated heterocycles. The predicted molar refractivity (Wildman–Crippen MR) is 132 cm³/mol. The molecule has 3 aromatic carbocycles. The van der Waals surface area contributed by atoms with Gasteiger partial charge in [0, 0.05) is 17.4 Å². The zero-order valence-corrected chi connectivity index (χ0v) is 19.0. The summed E-state index contributed by atoms with van der Waals surface area (Å²) in [6.07, 6.45) is 3.81. The number of anilines is 1. The Morgan fingerprint density at radius 2 is 1.84 bits per heavy atom. The van der Waals surface area contributed by atoms with Crippen molar-refractivity contribution in [3.63, 3.8) is 0 Å². The van der Waals surface area contributed by atoms with Crippen LogP contribution < -0.4 is 4.90 Å². The van der Waals surface area contributed by atoms with Crippen LogP contribution in [0.4, 0.5) is 5.13 Å². The van der Waals surface area contributed by atoms with Crippen molar-refractivity contribution in [1.82, 2.24) is 9.97 Å². The van der Waals surface area contributed by atoms with Crippen molar-refractivity contribution in [3.8, 4) is 0 Å². The molecule has 0 radical (unpaired) electrons. The number of nitrogens with zero attached hydrogens (tertiary/aromatic N) is 3. The Kier molecular flexibility index (Phi) is 5.60. The maximum Gasteiger partial charge on any atom is 0.233 e. The minimum atomic E-state index is -0.00746. The topological polar surface area (TPSA) is 46.1 Å². The molecule has 0 aliphatic carbocycles. The van der Waals surface area contributed by atoms with Crippen LogP contribution in [-0.2, 0) is 17.8 Å². The van der Waals surface area contributed by atoms with Gasteiger partial charge in [-0.1, -0.05) is 71.5 Å². The number of carbonyl (C=O) groups excluding carboxylic acids is 1. The lowest BCUT2D eigenvalue weighted by Gasteiger charge is -2.20. The van der Waals surface area contributed by atoms with Crippen molar-refractivity contribution >= 4 is 55.0 Å². The van der Waals surface area contributed by atoms with Crippen LogP contribution in [0.3, 0.4) is 0 Å². The molecule has 5 rings (SSSR count). The first kappa shape index (κ1) is 20.6. The first-order valence-corrected chi connectivity index (χ1v) is 11.5. The molecule has 0 aliphatic heterocycles. The highest BCUT2D eigenvalue weighted by Gasteiger charge is 2.21. The molecule has 1 amide bonds. The average molecular weight is 458 g/mol. The van der Waals surface area contributed by atoms with Crippen LogP contribution in [0.1, 0.15) is 16.7 Å². The quantitative estimate of drug-likeness (QED) is 0.299. The van der Waals surface area contributed by atoms with Crippen molar-refractivity contribution in [1.29, 1.82) is 0 Å². The number of benzene rings is 3. The normalized spacial score (nSPS) is 11.2. The van der Waals surface area contributed by atoms with E-state index in [9.17, 15) is 4.79 Å². The Balaban J connectivity index is 1.51. The van der Waals surface area contributed by atoms with Gasteiger partial charge in [0.25, 0.3) is 0 Å². The van der Waals surface area contributed by atoms with E-state index in [0.29, 0.717) is 23.1 Å². The van der Waals surface area contributed by atoms with Gasteiger partial charge in [0.05, 0.1) is 23.2 Å². The van der Waals surface area contributed by atoms with E-state index in [1.54, 1.807) is 17.3 Å². The molecule has 0 spiro atoms. The fourth-order valence-corrected chi connectivity index (χ4v) is 4.95. The standard InChI is InChI=1S/C26H20ClN3OS/c1-17-22(27)10-11-23-25(17)29-26(32-23)30(16-19-5-4-12-28-15-19)24(31)14-18-8-9-20-6-2-3-7-21(20)13-18/h2-13,15H,14,16H2,1H3. The summed E-state index contributed by atoms with van der Waals surface area (Å²) in [7, 11) is 0. The largest absolute Gasteiger partial charge is 0.283 e. The highest BCUT2D eigenvalue weighted by atomic mass is 35.5. The van der Waals surface area contributed by atoms with Crippen molar-refractivity contribution in [2.24, 2.45) is 0 Å². The Morgan fingerprint density at radius 3 is 2.66 bits per heavy atom. The first-order valence-electron chi connectivity index (χ1n) is 10.3. The van der Waals surface area contributed by atoms with E-state index in [1.165, 1.54) is 11.3 Å². The second kappa shape index (κ2) is 8.69. The third-order valence-electron chi connectivity index (χ3n) is 5.50. The van der Waals surface area contributed by atoms with E-state index < -0.39 is 0 Å².